The number of rotatable bonds is 4. The number of aryl methyl sites for hydroxylation is 1. The number of hydrogen-bond donors (Lipinski definition) is 0. The number of amides is 1. The molecule has 0 aliphatic carbocycles. The van der Waals surface area contributed by atoms with Gasteiger partial charge in [0.25, 0.3) is 5.91 Å². The van der Waals surface area contributed by atoms with Gasteiger partial charge >= 0.3 is 0 Å². The largest absolute Gasteiger partial charge is 0.351 e. The van der Waals surface area contributed by atoms with Crippen LogP contribution >= 0.6 is 11.6 Å². The summed E-state index contributed by atoms with van der Waals surface area (Å²) in [5, 5.41) is 0.564. The lowest BCUT2D eigenvalue weighted by Gasteiger charge is -2.34. The first-order valence-electron chi connectivity index (χ1n) is 8.80. The van der Waals surface area contributed by atoms with Crippen molar-refractivity contribution in [3.05, 3.63) is 57.9 Å². The second kappa shape index (κ2) is 7.64. The molecule has 1 aliphatic rings. The van der Waals surface area contributed by atoms with Crippen molar-refractivity contribution in [2.24, 2.45) is 7.05 Å². The van der Waals surface area contributed by atoms with E-state index in [0.29, 0.717) is 43.3 Å². The molecule has 0 spiro atoms. The van der Waals surface area contributed by atoms with Gasteiger partial charge in [-0.15, -0.1) is 0 Å². The van der Waals surface area contributed by atoms with Crippen molar-refractivity contribution >= 4 is 23.3 Å². The molecule has 1 aliphatic heterocycles. The molecule has 1 aromatic heterocycles. The van der Waals surface area contributed by atoms with Crippen LogP contribution in [0.2, 0.25) is 5.02 Å². The molecule has 26 heavy (non-hydrogen) atoms. The molecular weight excluding hydrogens is 350 g/mol. The van der Waals surface area contributed by atoms with Gasteiger partial charge in [0.1, 0.15) is 0 Å². The highest BCUT2D eigenvalue weighted by Crippen LogP contribution is 2.16. The summed E-state index contributed by atoms with van der Waals surface area (Å²) in [6.45, 7) is 7.00. The lowest BCUT2D eigenvalue weighted by atomic mass is 10.1. The van der Waals surface area contributed by atoms with Crippen LogP contribution in [-0.4, -0.2) is 58.8 Å². The Balaban J connectivity index is 1.57. The monoisotopic (exact) mass is 373 g/mol. The topological polar surface area (TPSA) is 45.6 Å². The predicted octanol–water partition coefficient (Wildman–Crippen LogP) is 2.94. The van der Waals surface area contributed by atoms with Gasteiger partial charge in [-0.1, -0.05) is 17.7 Å². The minimum Gasteiger partial charge on any atom is -0.351 e. The number of piperazine rings is 1. The molecule has 0 bridgehead atoms. The number of carbonyl (C=O) groups is 2. The van der Waals surface area contributed by atoms with Crippen LogP contribution < -0.4 is 0 Å². The quantitative estimate of drug-likeness (QED) is 0.774. The van der Waals surface area contributed by atoms with Crippen molar-refractivity contribution in [2.75, 3.05) is 32.7 Å². The molecule has 5 nitrogen and oxygen atoms in total. The molecule has 0 N–H and O–H groups in total. The van der Waals surface area contributed by atoms with Gasteiger partial charge in [-0.05, 0) is 38.1 Å². The van der Waals surface area contributed by atoms with Gasteiger partial charge in [-0.2, -0.15) is 0 Å². The van der Waals surface area contributed by atoms with E-state index >= 15 is 0 Å². The van der Waals surface area contributed by atoms with Gasteiger partial charge in [0.2, 0.25) is 0 Å². The summed E-state index contributed by atoms with van der Waals surface area (Å²) in [6, 6.07) is 8.98. The predicted molar refractivity (Wildman–Crippen MR) is 103 cm³/mol. The first kappa shape index (κ1) is 18.7. The van der Waals surface area contributed by atoms with Crippen LogP contribution in [0.4, 0.5) is 0 Å². The highest BCUT2D eigenvalue weighted by Gasteiger charge is 2.24. The Morgan fingerprint density at radius 3 is 2.35 bits per heavy atom. The number of ketones is 1. The van der Waals surface area contributed by atoms with Crippen LogP contribution in [-0.2, 0) is 7.05 Å². The molecule has 0 saturated carbocycles. The van der Waals surface area contributed by atoms with Gasteiger partial charge in [-0.3, -0.25) is 14.5 Å². The van der Waals surface area contributed by atoms with E-state index in [1.165, 1.54) is 0 Å². The molecule has 0 unspecified atom stereocenters. The maximum atomic E-state index is 12.6. The Hall–Kier alpha value is -2.11. The maximum Gasteiger partial charge on any atom is 0.253 e. The average molecular weight is 374 g/mol. The summed E-state index contributed by atoms with van der Waals surface area (Å²) >= 11 is 5.97. The van der Waals surface area contributed by atoms with Gasteiger partial charge < -0.3 is 9.47 Å². The fourth-order valence-electron chi connectivity index (χ4n) is 3.34. The van der Waals surface area contributed by atoms with Crippen LogP contribution in [0.25, 0.3) is 0 Å². The van der Waals surface area contributed by atoms with Crippen LogP contribution in [0.3, 0.4) is 0 Å². The third kappa shape index (κ3) is 3.84. The molecular formula is C20H24ClN3O2. The fourth-order valence-corrected chi connectivity index (χ4v) is 3.53. The summed E-state index contributed by atoms with van der Waals surface area (Å²) in [5.74, 6) is 0.133. The van der Waals surface area contributed by atoms with E-state index in [9.17, 15) is 9.59 Å². The first-order chi connectivity index (χ1) is 12.4. The van der Waals surface area contributed by atoms with E-state index in [2.05, 4.69) is 4.90 Å². The summed E-state index contributed by atoms with van der Waals surface area (Å²) in [7, 11) is 1.97. The zero-order chi connectivity index (χ0) is 18.8. The number of benzene rings is 1. The van der Waals surface area contributed by atoms with Crippen molar-refractivity contribution in [3.63, 3.8) is 0 Å². The first-order valence-corrected chi connectivity index (χ1v) is 9.18. The van der Waals surface area contributed by atoms with Crippen LogP contribution in [0, 0.1) is 13.8 Å². The molecule has 1 amide bonds. The Morgan fingerprint density at radius 2 is 1.77 bits per heavy atom. The number of aromatic nitrogens is 1. The SMILES string of the molecule is Cc1cc(C(=O)CN2CCN(C(=O)c3cccc(Cl)c3)CC2)c(C)n1C. The van der Waals surface area contributed by atoms with Crippen LogP contribution in [0.5, 0.6) is 0 Å². The Morgan fingerprint density at radius 1 is 1.08 bits per heavy atom. The Labute approximate surface area is 159 Å². The number of hydrogen-bond acceptors (Lipinski definition) is 3. The van der Waals surface area contributed by atoms with E-state index in [1.54, 1.807) is 24.3 Å². The summed E-state index contributed by atoms with van der Waals surface area (Å²) in [5.41, 5.74) is 3.49. The smallest absolute Gasteiger partial charge is 0.253 e. The van der Waals surface area contributed by atoms with E-state index in [1.807, 2.05) is 36.4 Å². The normalized spacial score (nSPS) is 15.3. The van der Waals surface area contributed by atoms with Crippen LogP contribution in [0.15, 0.2) is 30.3 Å². The van der Waals surface area contributed by atoms with Crippen molar-refractivity contribution in [1.82, 2.24) is 14.4 Å². The molecule has 1 aromatic carbocycles. The molecule has 2 aromatic rings. The Bertz CT molecular complexity index is 836. The van der Waals surface area contributed by atoms with Gasteiger partial charge in [0.05, 0.1) is 6.54 Å². The van der Waals surface area contributed by atoms with Crippen molar-refractivity contribution in [3.8, 4) is 0 Å². The van der Waals surface area contributed by atoms with Crippen LogP contribution in [0.1, 0.15) is 32.1 Å². The molecule has 1 fully saturated rings. The summed E-state index contributed by atoms with van der Waals surface area (Å²) in [4.78, 5) is 29.1. The minimum absolute atomic E-state index is 0.00648. The summed E-state index contributed by atoms with van der Waals surface area (Å²) in [6.07, 6.45) is 0. The molecule has 1 saturated heterocycles. The van der Waals surface area contributed by atoms with Gasteiger partial charge in [-0.25, -0.2) is 0 Å². The number of halogens is 1. The van der Waals surface area contributed by atoms with E-state index in [0.717, 1.165) is 17.0 Å². The lowest BCUT2D eigenvalue weighted by molar-refractivity contribution is 0.0624. The van der Waals surface area contributed by atoms with Gasteiger partial charge in [0, 0.05) is 60.8 Å². The van der Waals surface area contributed by atoms with E-state index in [-0.39, 0.29) is 11.7 Å². The number of Topliss-reactive ketones (excluding diaryl/α,β-unsaturated/α-hetero) is 1. The molecule has 0 atom stereocenters. The molecule has 2 heterocycles. The summed E-state index contributed by atoms with van der Waals surface area (Å²) < 4.78 is 2.04. The number of carbonyl (C=O) groups excluding carboxylic acids is 2. The molecule has 138 valence electrons. The maximum absolute atomic E-state index is 12.6. The standard InChI is InChI=1S/C20H24ClN3O2/c1-14-11-18(15(2)22(14)3)19(25)13-23-7-9-24(10-8-23)20(26)16-5-4-6-17(21)12-16/h4-6,11-12H,7-10,13H2,1-3H3. The second-order valence-corrected chi connectivity index (χ2v) is 7.28. The molecule has 0 radical (unpaired) electrons. The van der Waals surface area contributed by atoms with Crippen molar-refractivity contribution in [1.29, 1.82) is 0 Å². The fraction of sp³-hybridized carbons (Fsp3) is 0.400. The minimum atomic E-state index is -0.00648. The second-order valence-electron chi connectivity index (χ2n) is 6.85. The molecule has 3 rings (SSSR count). The van der Waals surface area contributed by atoms with E-state index in [4.69, 9.17) is 11.6 Å². The zero-order valence-electron chi connectivity index (χ0n) is 15.5. The third-order valence-electron chi connectivity index (χ3n) is 5.17. The highest BCUT2D eigenvalue weighted by molar-refractivity contribution is 6.30. The number of nitrogens with zero attached hydrogens (tertiary/aromatic N) is 3. The van der Waals surface area contributed by atoms with Crippen molar-refractivity contribution < 1.29 is 9.59 Å². The zero-order valence-corrected chi connectivity index (χ0v) is 16.2. The lowest BCUT2D eigenvalue weighted by Crippen LogP contribution is -2.49. The third-order valence-corrected chi connectivity index (χ3v) is 5.41. The highest BCUT2D eigenvalue weighted by atomic mass is 35.5. The average Bonchev–Trinajstić information content (AvgIpc) is 2.89. The van der Waals surface area contributed by atoms with Crippen molar-refractivity contribution in [2.45, 2.75) is 13.8 Å². The Kier molecular flexibility index (Phi) is 5.49. The van der Waals surface area contributed by atoms with E-state index < -0.39 is 0 Å². The molecule has 6 heteroatoms. The van der Waals surface area contributed by atoms with Gasteiger partial charge in [0.15, 0.2) is 5.78 Å².